The number of likely N-dealkylation sites (tertiary alicyclic amines) is 2. The number of aliphatic carboxylic acids is 1. The number of urea groups is 2. The molecule has 0 aromatic carbocycles. The van der Waals surface area contributed by atoms with Crippen LogP contribution in [0.2, 0.25) is 0 Å². The first-order valence-corrected chi connectivity index (χ1v) is 27.4. The molecule has 2 heterocycles. The molecule has 8 N–H and O–H groups in total. The molecular formula is C56H96N10O11. The summed E-state index contributed by atoms with van der Waals surface area (Å²) >= 11 is 0. The van der Waals surface area contributed by atoms with Crippen molar-refractivity contribution in [3.63, 3.8) is 0 Å². The van der Waals surface area contributed by atoms with Crippen LogP contribution < -0.4 is 32.3 Å². The highest BCUT2D eigenvalue weighted by Gasteiger charge is 2.71. The fraction of sp³-hybridized carbons (Fsp3) is 0.821. The summed E-state index contributed by atoms with van der Waals surface area (Å²) in [6.45, 7) is 35.3. The molecule has 21 nitrogen and oxygen atoms in total. The predicted octanol–water partition coefficient (Wildman–Crippen LogP) is 3.97. The third kappa shape index (κ3) is 15.0. The van der Waals surface area contributed by atoms with Crippen LogP contribution in [0.1, 0.15) is 150 Å². The van der Waals surface area contributed by atoms with E-state index in [1.54, 1.807) is 14.1 Å². The Balaban J connectivity index is 0.000000347. The molecule has 5 rings (SSSR count). The van der Waals surface area contributed by atoms with E-state index in [-0.39, 0.29) is 80.9 Å². The van der Waals surface area contributed by atoms with Crippen LogP contribution in [0.5, 0.6) is 0 Å². The lowest BCUT2D eigenvalue weighted by Gasteiger charge is -2.39. The van der Waals surface area contributed by atoms with Crippen LogP contribution in [0.25, 0.3) is 0 Å². The van der Waals surface area contributed by atoms with Crippen molar-refractivity contribution in [1.29, 1.82) is 0 Å². The highest BCUT2D eigenvalue weighted by molar-refractivity contribution is 6.37. The monoisotopic (exact) mass is 1080 g/mol. The number of carbonyl (C=O) groups excluding carboxylic acids is 9. The number of amides is 10. The average molecular weight is 1090 g/mol. The van der Waals surface area contributed by atoms with E-state index in [1.807, 2.05) is 96.9 Å². The van der Waals surface area contributed by atoms with Gasteiger partial charge in [-0.1, -0.05) is 130 Å². The van der Waals surface area contributed by atoms with Crippen LogP contribution in [0.15, 0.2) is 0 Å². The van der Waals surface area contributed by atoms with E-state index in [4.69, 9.17) is 5.73 Å². The zero-order valence-corrected chi connectivity index (χ0v) is 50.0. The summed E-state index contributed by atoms with van der Waals surface area (Å²) in [5.74, 6) is -4.12. The summed E-state index contributed by atoms with van der Waals surface area (Å²) in [4.78, 5) is 134. The van der Waals surface area contributed by atoms with Gasteiger partial charge in [-0.3, -0.25) is 33.6 Å². The van der Waals surface area contributed by atoms with Crippen molar-refractivity contribution in [2.75, 3.05) is 40.3 Å². The van der Waals surface area contributed by atoms with Gasteiger partial charge in [-0.2, -0.15) is 0 Å². The van der Waals surface area contributed by atoms with Crippen molar-refractivity contribution in [3.05, 3.63) is 0 Å². The molecule has 0 aromatic rings. The Morgan fingerprint density at radius 2 is 0.948 bits per heavy atom. The van der Waals surface area contributed by atoms with E-state index in [0.717, 1.165) is 19.3 Å². The molecule has 11 atom stereocenters. The Labute approximate surface area is 457 Å². The fourth-order valence-electron chi connectivity index (χ4n) is 11.5. The molecule has 5 fully saturated rings. The first-order chi connectivity index (χ1) is 34.9. The molecule has 2 aliphatic heterocycles. The Morgan fingerprint density at radius 3 is 1.25 bits per heavy atom. The number of hydrogen-bond acceptors (Lipinski definition) is 10. The summed E-state index contributed by atoms with van der Waals surface area (Å²) in [5, 5.41) is 24.2. The number of nitrogens with two attached hydrogens (primary N) is 1. The van der Waals surface area contributed by atoms with Crippen LogP contribution in [0.3, 0.4) is 0 Å². The Kier molecular flexibility index (Phi) is 19.2. The number of carbonyl (C=O) groups is 10. The van der Waals surface area contributed by atoms with E-state index in [9.17, 15) is 53.1 Å². The van der Waals surface area contributed by atoms with Crippen LogP contribution in [0.4, 0.5) is 9.59 Å². The third-order valence-corrected chi connectivity index (χ3v) is 17.6. The molecule has 21 heteroatoms. The number of carboxylic acids is 1. The zero-order valence-electron chi connectivity index (χ0n) is 50.0. The van der Waals surface area contributed by atoms with Gasteiger partial charge in [0.2, 0.25) is 35.3 Å². The molecule has 77 heavy (non-hydrogen) atoms. The number of nitrogens with one attached hydrogen (secondary N) is 5. The molecule has 3 aliphatic carbocycles. The van der Waals surface area contributed by atoms with Crippen LogP contribution in [-0.2, 0) is 38.4 Å². The zero-order chi connectivity index (χ0) is 59.2. The molecule has 3 saturated carbocycles. The quantitative estimate of drug-likeness (QED) is 0.102. The molecule has 5 aliphatic rings. The molecule has 0 radical (unpaired) electrons. The minimum atomic E-state index is -1.09. The molecule has 2 saturated heterocycles. The Bertz CT molecular complexity index is 2290. The number of ketones is 1. The van der Waals surface area contributed by atoms with Crippen molar-refractivity contribution in [2.24, 2.45) is 67.8 Å². The topological polar surface area (TPSA) is 290 Å². The van der Waals surface area contributed by atoms with Gasteiger partial charge in [0.1, 0.15) is 24.2 Å². The lowest BCUT2D eigenvalue weighted by atomic mass is 9.80. The van der Waals surface area contributed by atoms with Crippen LogP contribution in [0, 0.1) is 62.1 Å². The Hall–Kier alpha value is -5.50. The molecule has 0 bridgehead atoms. The van der Waals surface area contributed by atoms with Crippen LogP contribution in [-0.4, -0.2) is 167 Å². The van der Waals surface area contributed by atoms with Crippen molar-refractivity contribution < 1.29 is 53.1 Å². The van der Waals surface area contributed by atoms with Gasteiger partial charge in [0, 0.05) is 60.0 Å². The van der Waals surface area contributed by atoms with E-state index >= 15 is 0 Å². The number of fused-ring (bicyclic) bond motifs is 2. The highest BCUT2D eigenvalue weighted by Crippen LogP contribution is 2.66. The normalized spacial score (nSPS) is 25.0. The predicted molar refractivity (Wildman–Crippen MR) is 291 cm³/mol. The second-order valence-corrected chi connectivity index (χ2v) is 28.4. The molecule has 1 unspecified atom stereocenters. The highest BCUT2D eigenvalue weighted by atomic mass is 16.4. The number of nitrogens with zero attached hydrogens (tertiary/aromatic N) is 4. The van der Waals surface area contributed by atoms with Crippen molar-refractivity contribution in [3.8, 4) is 0 Å². The minimum absolute atomic E-state index is 0.0687. The fourth-order valence-corrected chi connectivity index (χ4v) is 11.5. The smallest absolute Gasteiger partial charge is 0.326 e. The third-order valence-electron chi connectivity index (χ3n) is 17.6. The number of likely N-dealkylation sites (N-methyl/N-ethyl adjacent to an activating group) is 2. The molecule has 10 amide bonds. The van der Waals surface area contributed by atoms with Gasteiger partial charge >= 0.3 is 18.0 Å². The maximum atomic E-state index is 14.2. The van der Waals surface area contributed by atoms with Crippen LogP contribution >= 0.6 is 0 Å². The number of primary amides is 1. The summed E-state index contributed by atoms with van der Waals surface area (Å²) in [5.41, 5.74) is 2.99. The first kappa shape index (κ1) is 64.0. The average Bonchev–Trinajstić information content (AvgIpc) is 3.70. The van der Waals surface area contributed by atoms with Gasteiger partial charge in [-0.25, -0.2) is 14.4 Å². The second-order valence-electron chi connectivity index (χ2n) is 28.4. The van der Waals surface area contributed by atoms with Crippen molar-refractivity contribution in [1.82, 2.24) is 46.2 Å². The number of hydrogen-bond donors (Lipinski definition) is 7. The van der Waals surface area contributed by atoms with E-state index in [2.05, 4.69) is 40.4 Å². The van der Waals surface area contributed by atoms with Gasteiger partial charge in [-0.15, -0.1) is 0 Å². The van der Waals surface area contributed by atoms with Crippen molar-refractivity contribution in [2.45, 2.75) is 193 Å². The minimum Gasteiger partial charge on any atom is -0.480 e. The van der Waals surface area contributed by atoms with Gasteiger partial charge in [0.15, 0.2) is 0 Å². The summed E-state index contributed by atoms with van der Waals surface area (Å²) < 4.78 is 0. The molecular weight excluding hydrogens is 989 g/mol. The maximum Gasteiger partial charge on any atom is 0.326 e. The number of rotatable bonds is 17. The van der Waals surface area contributed by atoms with Gasteiger partial charge in [-0.05, 0) is 62.6 Å². The second kappa shape index (κ2) is 23.1. The first-order valence-electron chi connectivity index (χ1n) is 27.4. The number of carboxylic acid groups (broad SMARTS) is 1. The van der Waals surface area contributed by atoms with Gasteiger partial charge < -0.3 is 57.0 Å². The number of Topliss-reactive ketones (excluding diaryl/α,β-unsaturated/α-hetero) is 1. The summed E-state index contributed by atoms with van der Waals surface area (Å²) in [6, 6.07) is -6.45. The SMILES string of the molecule is CC(=O)N(C)C[C@@H](NC(=O)N[C@H](C(=O)N1C[C@H]2[C@@H]([C@H]1C(=O)NC(CC1CCC1)C(=O)C(N)=O)C2(C)C)C(C)(C)C)C(C)(C)C.CC(=O)N(C)C[C@@H](NC(=O)N[C@H](C(=O)N1C[C@H]2[C@@H]([C@H]1C(=O)O)C2(C)C)C(C)(C)C)C(C)(C)C. The number of piperidine rings is 2. The maximum absolute atomic E-state index is 14.2. The molecule has 0 spiro atoms. The lowest BCUT2D eigenvalue weighted by molar-refractivity contribution is -0.152. The lowest BCUT2D eigenvalue weighted by Crippen LogP contribution is -2.62. The summed E-state index contributed by atoms with van der Waals surface area (Å²) in [6.07, 6.45) is 3.22. The Morgan fingerprint density at radius 1 is 0.584 bits per heavy atom. The largest absolute Gasteiger partial charge is 0.480 e. The van der Waals surface area contributed by atoms with Gasteiger partial charge in [0.25, 0.3) is 5.91 Å². The van der Waals surface area contributed by atoms with Crippen molar-refractivity contribution >= 4 is 59.3 Å². The van der Waals surface area contributed by atoms with E-state index in [0.29, 0.717) is 32.6 Å². The standard InChI is InChI=1S/C32H54N6O6.C24H42N4O5/c1-17(39)37(10)16-21(30(2,3)4)35-29(44)36-25(31(5,6)7)28(43)38-15-19-22(32(19,8)9)23(38)27(42)34-20(24(40)26(33)41)14-18-12-11-13-18;1-13(29)27(10)12-15(22(2,3)4)25-21(33)26-18(23(5,6)7)19(30)28-11-14-16(24(14,8)9)17(28)20(31)32/h18-23,25H,11-16H2,1-10H3,(H2,33,41)(H,34,42)(H2,35,36,44);14-18H,11-12H2,1-10H3,(H,31,32)(H2,25,26,33)/t19-,20?,21+,22-,23-,25+;14-,15+,16-,17-,18+/m00/s1. The molecule has 436 valence electrons. The van der Waals surface area contributed by atoms with E-state index in [1.165, 1.54) is 33.4 Å². The summed E-state index contributed by atoms with van der Waals surface area (Å²) in [7, 11) is 3.34. The van der Waals surface area contributed by atoms with E-state index < -0.39 is 82.7 Å². The molecule has 0 aromatic heterocycles. The van der Waals surface area contributed by atoms with Gasteiger partial charge in [0.05, 0.1) is 18.1 Å².